The van der Waals surface area contributed by atoms with Gasteiger partial charge in [0.15, 0.2) is 0 Å². The molecule has 0 spiro atoms. The zero-order valence-corrected chi connectivity index (χ0v) is 19.6. The molecule has 0 bridgehead atoms. The van der Waals surface area contributed by atoms with Crippen molar-refractivity contribution in [3.05, 3.63) is 137 Å². The molecule has 0 saturated carbocycles. The van der Waals surface area contributed by atoms with Crippen molar-refractivity contribution in [2.45, 2.75) is 12.8 Å². The molecular weight excluding hydrogens is 433 g/mol. The van der Waals surface area contributed by atoms with Crippen LogP contribution in [0.5, 0.6) is 0 Å². The molecule has 0 N–H and O–H groups in total. The van der Waals surface area contributed by atoms with E-state index in [-0.39, 0.29) is 0 Å². The molecule has 0 amide bonds. The number of hydrogen-bond acceptors (Lipinski definition) is 0. The van der Waals surface area contributed by atoms with Crippen LogP contribution in [0.25, 0.3) is 11.1 Å². The van der Waals surface area contributed by atoms with Crippen molar-refractivity contribution in [1.29, 1.82) is 0 Å². The summed E-state index contributed by atoms with van der Waals surface area (Å²) in [7, 11) is 0. The Morgan fingerprint density at radius 3 is 1.90 bits per heavy atom. The van der Waals surface area contributed by atoms with Crippen LogP contribution in [0.1, 0.15) is 17.5 Å². The summed E-state index contributed by atoms with van der Waals surface area (Å²) >= 11 is -3.12. The van der Waals surface area contributed by atoms with Crippen LogP contribution in [0.2, 0.25) is 0 Å². The third-order valence-corrected chi connectivity index (χ3v) is 17.4. The first-order valence-electron chi connectivity index (χ1n) is 11.1. The fraction of sp³-hybridized carbons (Fsp3) is 0.0667. The number of hydrogen-bond donors (Lipinski definition) is 0. The van der Waals surface area contributed by atoms with Gasteiger partial charge in [0.25, 0.3) is 0 Å². The van der Waals surface area contributed by atoms with E-state index in [4.69, 9.17) is 0 Å². The Bertz CT molecular complexity index is 1270. The van der Waals surface area contributed by atoms with Crippen LogP contribution in [0.3, 0.4) is 0 Å². The molecule has 4 aromatic carbocycles. The summed E-state index contributed by atoms with van der Waals surface area (Å²) in [5.74, 6) is 0. The molecular formula is C30H24Ge. The topological polar surface area (TPSA) is 0 Å². The van der Waals surface area contributed by atoms with Gasteiger partial charge in [0.05, 0.1) is 0 Å². The van der Waals surface area contributed by atoms with Gasteiger partial charge in [0, 0.05) is 0 Å². The van der Waals surface area contributed by atoms with Crippen LogP contribution in [-0.2, 0) is 6.42 Å². The molecule has 0 aliphatic heterocycles. The summed E-state index contributed by atoms with van der Waals surface area (Å²) in [6.07, 6.45) is 9.11. The summed E-state index contributed by atoms with van der Waals surface area (Å²) in [6.45, 7) is 0. The molecule has 0 unspecified atom stereocenters. The van der Waals surface area contributed by atoms with Gasteiger partial charge >= 0.3 is 187 Å². The maximum atomic E-state index is 2.45. The van der Waals surface area contributed by atoms with Crippen LogP contribution < -0.4 is 13.2 Å². The Morgan fingerprint density at radius 1 is 0.581 bits per heavy atom. The number of benzene rings is 4. The van der Waals surface area contributed by atoms with Gasteiger partial charge in [-0.2, -0.15) is 0 Å². The van der Waals surface area contributed by atoms with Crippen molar-refractivity contribution >= 4 is 26.5 Å². The molecule has 4 aromatic rings. The van der Waals surface area contributed by atoms with Crippen LogP contribution >= 0.6 is 0 Å². The first-order valence-corrected chi connectivity index (χ1v) is 15.3. The molecule has 1 heteroatoms. The van der Waals surface area contributed by atoms with Crippen LogP contribution in [0.15, 0.2) is 126 Å². The average molecular weight is 457 g/mol. The molecule has 0 fully saturated rings. The van der Waals surface area contributed by atoms with E-state index in [2.05, 4.69) is 121 Å². The normalized spacial score (nSPS) is 14.3. The Labute approximate surface area is 187 Å². The van der Waals surface area contributed by atoms with E-state index in [1.807, 2.05) is 0 Å². The van der Waals surface area contributed by atoms with Crippen LogP contribution in [0, 0.1) is 0 Å². The van der Waals surface area contributed by atoms with Crippen molar-refractivity contribution in [1.82, 2.24) is 0 Å². The molecule has 0 atom stereocenters. The summed E-state index contributed by atoms with van der Waals surface area (Å²) in [4.78, 5) is 0. The second-order valence-electron chi connectivity index (χ2n) is 8.47. The standard InChI is InChI=1S/C30H24Ge/c1-3-13-24(14-4-1)31(26-17-8-9-18-26,25-15-5-2-6-16-25)30-21-11-20-28-27-19-10-7-12-23(27)22-29(28)30/h1-17,19-21H,18,22H2. The maximum absolute atomic E-state index is 3.12. The van der Waals surface area contributed by atoms with Crippen molar-refractivity contribution in [3.63, 3.8) is 0 Å². The first-order chi connectivity index (χ1) is 15.4. The molecule has 2 aliphatic carbocycles. The third-order valence-electron chi connectivity index (χ3n) is 6.92. The SMILES string of the molecule is C1=CC[C]([Ge]([c]2ccccc2)([c]2ccccc2)[c]2cccc3c2Cc2ccccc2-3)=C1. The van der Waals surface area contributed by atoms with E-state index in [9.17, 15) is 0 Å². The van der Waals surface area contributed by atoms with E-state index >= 15 is 0 Å². The molecule has 0 aromatic heterocycles. The van der Waals surface area contributed by atoms with Crippen molar-refractivity contribution in [3.8, 4) is 11.1 Å². The Balaban J connectivity index is 1.71. The first kappa shape index (κ1) is 18.7. The molecule has 0 heterocycles. The van der Waals surface area contributed by atoms with Crippen LogP contribution in [-0.4, -0.2) is 13.3 Å². The van der Waals surface area contributed by atoms with Crippen molar-refractivity contribution < 1.29 is 0 Å². The Morgan fingerprint density at radius 2 is 1.23 bits per heavy atom. The summed E-state index contributed by atoms with van der Waals surface area (Å²) in [5, 5.41) is 0. The van der Waals surface area contributed by atoms with Gasteiger partial charge in [-0.15, -0.1) is 0 Å². The second-order valence-corrected chi connectivity index (χ2v) is 16.5. The minimum absolute atomic E-state index is 1.04. The van der Waals surface area contributed by atoms with E-state index in [1.54, 1.807) is 14.4 Å². The summed E-state index contributed by atoms with van der Waals surface area (Å²) in [5.41, 5.74) is 5.85. The molecule has 31 heavy (non-hydrogen) atoms. The predicted octanol–water partition coefficient (Wildman–Crippen LogP) is 5.15. The summed E-state index contributed by atoms with van der Waals surface area (Å²) < 4.78 is 6.27. The monoisotopic (exact) mass is 458 g/mol. The number of fused-ring (bicyclic) bond motifs is 3. The number of rotatable bonds is 4. The molecule has 148 valence electrons. The zero-order valence-electron chi connectivity index (χ0n) is 17.5. The van der Waals surface area contributed by atoms with E-state index in [0.29, 0.717) is 0 Å². The minimum atomic E-state index is -3.12. The van der Waals surface area contributed by atoms with Gasteiger partial charge in [-0.3, -0.25) is 0 Å². The molecule has 2 aliphatic rings. The molecule has 6 rings (SSSR count). The Kier molecular flexibility index (Phi) is 4.54. The summed E-state index contributed by atoms with van der Waals surface area (Å²) in [6, 6.07) is 38.7. The average Bonchev–Trinajstić information content (AvgIpc) is 3.50. The van der Waals surface area contributed by atoms with Gasteiger partial charge in [0.1, 0.15) is 0 Å². The quantitative estimate of drug-likeness (QED) is 0.328. The van der Waals surface area contributed by atoms with Gasteiger partial charge in [0.2, 0.25) is 0 Å². The predicted molar refractivity (Wildman–Crippen MR) is 134 cm³/mol. The van der Waals surface area contributed by atoms with E-state index in [0.717, 1.165) is 12.8 Å². The van der Waals surface area contributed by atoms with Gasteiger partial charge in [-0.05, 0) is 0 Å². The zero-order chi connectivity index (χ0) is 20.7. The van der Waals surface area contributed by atoms with E-state index < -0.39 is 13.3 Å². The second kappa shape index (κ2) is 7.55. The van der Waals surface area contributed by atoms with E-state index in [1.165, 1.54) is 25.5 Å². The van der Waals surface area contributed by atoms with Gasteiger partial charge < -0.3 is 0 Å². The molecule has 0 saturated heterocycles. The molecule has 0 nitrogen and oxygen atoms in total. The number of allylic oxidation sites excluding steroid dienone is 4. The van der Waals surface area contributed by atoms with Crippen molar-refractivity contribution in [2.75, 3.05) is 0 Å². The van der Waals surface area contributed by atoms with Crippen molar-refractivity contribution in [2.24, 2.45) is 0 Å². The van der Waals surface area contributed by atoms with Gasteiger partial charge in [-0.25, -0.2) is 0 Å². The fourth-order valence-corrected chi connectivity index (χ4v) is 16.6. The van der Waals surface area contributed by atoms with Crippen LogP contribution in [0.4, 0.5) is 0 Å². The molecule has 0 radical (unpaired) electrons. The van der Waals surface area contributed by atoms with Gasteiger partial charge in [-0.1, -0.05) is 0 Å². The Hall–Kier alpha value is -3.10. The fourth-order valence-electron chi connectivity index (χ4n) is 5.63. The third kappa shape index (κ3) is 2.82.